The van der Waals surface area contributed by atoms with Crippen molar-refractivity contribution in [3.8, 4) is 0 Å². The summed E-state index contributed by atoms with van der Waals surface area (Å²) >= 11 is 0. The van der Waals surface area contributed by atoms with Gasteiger partial charge in [-0.3, -0.25) is 4.98 Å². The van der Waals surface area contributed by atoms with Gasteiger partial charge in [0, 0.05) is 12.5 Å². The Balaban J connectivity index is 0. The maximum atomic E-state index is 9.86. The van der Waals surface area contributed by atoms with Gasteiger partial charge in [0.05, 0.1) is 45.3 Å². The molecule has 0 aromatic carbocycles. The lowest BCUT2D eigenvalue weighted by molar-refractivity contribution is -0.870. The van der Waals surface area contributed by atoms with E-state index in [0.29, 0.717) is 11.4 Å². The molecule has 0 radical (unpaired) electrons. The number of likely N-dealkylation sites (N-methyl/N-ethyl adjacent to an activating group) is 1. The number of aromatic nitrogens is 1. The van der Waals surface area contributed by atoms with Gasteiger partial charge in [-0.15, -0.1) is 0 Å². The number of hydrogen-bond donors (Lipinski definition) is 7. The number of nitrogen functional groups attached to an aromatic ring is 2. The van der Waals surface area contributed by atoms with Gasteiger partial charge in [0.25, 0.3) is 0 Å². The molecule has 0 fully saturated rings. The van der Waals surface area contributed by atoms with Crippen LogP contribution in [0.15, 0.2) is 18.5 Å². The summed E-state index contributed by atoms with van der Waals surface area (Å²) in [6.07, 6.45) is -3.78. The Morgan fingerprint density at radius 3 is 1.92 bits per heavy atom. The third-order valence-electron chi connectivity index (χ3n) is 2.53. The van der Waals surface area contributed by atoms with Gasteiger partial charge in [-0.2, -0.15) is 0 Å². The first-order chi connectivity index (χ1) is 11.3. The number of carboxylic acid groups (broad SMARTS) is 1. The second-order valence-corrected chi connectivity index (χ2v) is 5.91. The summed E-state index contributed by atoms with van der Waals surface area (Å²) in [7, 11) is 6.16. The number of aliphatic hydroxyl groups is 4. The van der Waals surface area contributed by atoms with Crippen LogP contribution in [0.5, 0.6) is 0 Å². The number of anilines is 2. The lowest BCUT2D eigenvalue weighted by atomic mass is 10.2. The van der Waals surface area contributed by atoms with Crippen LogP contribution in [0.2, 0.25) is 0 Å². The molecule has 3 atom stereocenters. The first-order valence-corrected chi connectivity index (χ1v) is 7.12. The number of hydrogen-bond acceptors (Lipinski definition) is 9. The molecule has 0 saturated carbocycles. The lowest BCUT2D eigenvalue weighted by Gasteiger charge is -2.23. The molecule has 25 heavy (non-hydrogen) atoms. The summed E-state index contributed by atoms with van der Waals surface area (Å²) in [5.41, 5.74) is 11.8. The predicted octanol–water partition coefficient (Wildman–Crippen LogP) is -3.60. The van der Waals surface area contributed by atoms with Crippen molar-refractivity contribution in [3.05, 3.63) is 18.5 Å². The third-order valence-corrected chi connectivity index (χ3v) is 2.53. The van der Waals surface area contributed by atoms with Crippen LogP contribution in [0, 0.1) is 0 Å². The van der Waals surface area contributed by atoms with Gasteiger partial charge in [-0.05, 0) is 6.07 Å². The summed E-state index contributed by atoms with van der Waals surface area (Å²) in [6.45, 7) is 1.11. The Morgan fingerprint density at radius 1 is 1.24 bits per heavy atom. The smallest absolute Gasteiger partial charge is 0.335 e. The Kier molecular flexibility index (Phi) is 12.5. The Labute approximate surface area is 146 Å². The fourth-order valence-corrected chi connectivity index (χ4v) is 1.02. The van der Waals surface area contributed by atoms with Crippen LogP contribution in [0.4, 0.5) is 11.4 Å². The molecule has 1 aromatic heterocycles. The molecule has 0 bridgehead atoms. The number of carbonyl (C=O) groups is 1. The molecular formula is C14H28N4O7. The first-order valence-electron chi connectivity index (χ1n) is 7.12. The van der Waals surface area contributed by atoms with Gasteiger partial charge in [0.1, 0.15) is 12.6 Å². The van der Waals surface area contributed by atoms with Crippen molar-refractivity contribution in [2.45, 2.75) is 18.5 Å². The highest BCUT2D eigenvalue weighted by atomic mass is 16.5. The van der Waals surface area contributed by atoms with Crippen LogP contribution in [-0.2, 0) is 4.79 Å². The average Bonchev–Trinajstić information content (AvgIpc) is 2.48. The number of aliphatic hydroxyl groups excluding tert-OH is 4. The number of rotatable bonds is 5. The lowest BCUT2D eigenvalue weighted by Crippen LogP contribution is -2.48. The van der Waals surface area contributed by atoms with E-state index in [9.17, 15) is 9.90 Å². The van der Waals surface area contributed by atoms with Gasteiger partial charge in [0.15, 0.2) is 6.10 Å². The molecule has 1 unspecified atom stereocenters. The van der Waals surface area contributed by atoms with Crippen molar-refractivity contribution in [1.29, 1.82) is 0 Å². The van der Waals surface area contributed by atoms with Crippen LogP contribution in [0.3, 0.4) is 0 Å². The van der Waals surface area contributed by atoms with E-state index in [4.69, 9.17) is 37.0 Å². The van der Waals surface area contributed by atoms with Gasteiger partial charge in [-0.1, -0.05) is 0 Å². The molecule has 0 aliphatic carbocycles. The van der Waals surface area contributed by atoms with Crippen molar-refractivity contribution in [2.24, 2.45) is 0 Å². The largest absolute Gasteiger partial charge is 0.829 e. The number of carboxylic acids is 1. The summed E-state index contributed by atoms with van der Waals surface area (Å²) in [6, 6.07) is 1.66. The molecule has 11 heteroatoms. The molecular weight excluding hydrogens is 336 g/mol. The molecule has 0 spiro atoms. The monoisotopic (exact) mass is 364 g/mol. The van der Waals surface area contributed by atoms with Crippen molar-refractivity contribution in [2.75, 3.05) is 45.8 Å². The molecule has 1 aromatic rings. The van der Waals surface area contributed by atoms with Crippen molar-refractivity contribution in [1.82, 2.24) is 4.98 Å². The standard InChI is InChI=1S/C5H7N3.C5H14NO.C4H7O6/c6-4-1-2-8-3-5(4)7;1-6(2,3)4-5-7;5-1(3(7)8)2(6)4(9)10/h1-3H,7H2,(H2,6,8);7H,4-5H2,1-3H3;1-3,5-7H,(H,9,10)/q;+1;-1/t;;1-,2-,3?/m..1/s1. The molecule has 146 valence electrons. The Hall–Kier alpha value is -2.02. The van der Waals surface area contributed by atoms with Gasteiger partial charge in [-0.25, -0.2) is 4.79 Å². The number of aliphatic carboxylic acids is 1. The summed E-state index contributed by atoms with van der Waals surface area (Å²) < 4.78 is 0.844. The van der Waals surface area contributed by atoms with E-state index in [-0.39, 0.29) is 6.61 Å². The summed E-state index contributed by atoms with van der Waals surface area (Å²) in [5.74, 6) is -1.75. The first kappa shape index (κ1) is 25.2. The maximum Gasteiger partial charge on any atom is 0.335 e. The highest BCUT2D eigenvalue weighted by Crippen LogP contribution is 2.08. The predicted molar refractivity (Wildman–Crippen MR) is 88.7 cm³/mol. The number of pyridine rings is 1. The average molecular weight is 364 g/mol. The minimum atomic E-state index is -2.49. The fourth-order valence-electron chi connectivity index (χ4n) is 1.02. The zero-order chi connectivity index (χ0) is 20.2. The quantitative estimate of drug-likeness (QED) is 0.202. The third kappa shape index (κ3) is 14.1. The molecule has 0 saturated heterocycles. The van der Waals surface area contributed by atoms with E-state index in [1.807, 2.05) is 0 Å². The van der Waals surface area contributed by atoms with E-state index < -0.39 is 24.5 Å². The maximum absolute atomic E-state index is 9.86. The van der Waals surface area contributed by atoms with Crippen LogP contribution < -0.4 is 16.6 Å². The van der Waals surface area contributed by atoms with Gasteiger partial charge >= 0.3 is 5.97 Å². The highest BCUT2D eigenvalue weighted by molar-refractivity contribution is 5.72. The number of nitrogens with zero attached hydrogens (tertiary/aromatic N) is 2. The Morgan fingerprint density at radius 2 is 1.76 bits per heavy atom. The Bertz CT molecular complexity index is 473. The molecule has 0 aliphatic rings. The van der Waals surface area contributed by atoms with E-state index >= 15 is 0 Å². The molecule has 1 heterocycles. The van der Waals surface area contributed by atoms with E-state index in [0.717, 1.165) is 11.0 Å². The molecule has 0 amide bonds. The summed E-state index contributed by atoms with van der Waals surface area (Å²) in [4.78, 5) is 13.5. The van der Waals surface area contributed by atoms with Crippen LogP contribution in [-0.4, -0.2) is 93.8 Å². The topological polar surface area (TPSA) is 206 Å². The van der Waals surface area contributed by atoms with E-state index in [1.54, 1.807) is 12.3 Å². The summed E-state index contributed by atoms with van der Waals surface area (Å²) in [5, 5.41) is 50.9. The molecule has 1 rings (SSSR count). The minimum Gasteiger partial charge on any atom is -0.829 e. The number of nitrogens with two attached hydrogens (primary N) is 2. The molecule has 11 nitrogen and oxygen atoms in total. The SMILES string of the molecule is C[N+](C)(C)CCO.Nc1ccncc1N.O=C(O)[C@H](O)[C@@H](O)C([O-])O. The van der Waals surface area contributed by atoms with Gasteiger partial charge < -0.3 is 46.6 Å². The second kappa shape index (κ2) is 12.4. The molecule has 9 N–H and O–H groups in total. The minimum absolute atomic E-state index is 0.281. The van der Waals surface area contributed by atoms with E-state index in [1.165, 1.54) is 6.20 Å². The van der Waals surface area contributed by atoms with E-state index in [2.05, 4.69) is 26.1 Å². The normalized spacial score (nSPS) is 14.1. The van der Waals surface area contributed by atoms with Crippen molar-refractivity contribution >= 4 is 17.3 Å². The zero-order valence-electron chi connectivity index (χ0n) is 14.5. The van der Waals surface area contributed by atoms with Gasteiger partial charge in [0.2, 0.25) is 0 Å². The van der Waals surface area contributed by atoms with Crippen LogP contribution in [0.1, 0.15) is 0 Å². The highest BCUT2D eigenvalue weighted by Gasteiger charge is 2.24. The van der Waals surface area contributed by atoms with Crippen LogP contribution >= 0.6 is 0 Å². The van der Waals surface area contributed by atoms with Crippen LogP contribution in [0.25, 0.3) is 0 Å². The van der Waals surface area contributed by atoms with Crippen molar-refractivity contribution < 1.29 is 39.9 Å². The second-order valence-electron chi connectivity index (χ2n) is 5.91. The molecule has 0 aliphatic heterocycles. The van der Waals surface area contributed by atoms with Crippen molar-refractivity contribution in [3.63, 3.8) is 0 Å². The fraction of sp³-hybridized carbons (Fsp3) is 0.571. The zero-order valence-corrected chi connectivity index (χ0v) is 14.5. The number of quaternary nitrogens is 1.